The van der Waals surface area contributed by atoms with E-state index in [0.717, 1.165) is 39.4 Å². The molecule has 0 amide bonds. The number of halogens is 2. The Labute approximate surface area is 146 Å². The largest absolute Gasteiger partial charge is 0.253 e. The van der Waals surface area contributed by atoms with Crippen LogP contribution in [0.1, 0.15) is 24.6 Å². The van der Waals surface area contributed by atoms with Gasteiger partial charge in [0.15, 0.2) is 0 Å². The summed E-state index contributed by atoms with van der Waals surface area (Å²) in [5, 5.41) is 2.61. The van der Waals surface area contributed by atoms with Gasteiger partial charge in [0.1, 0.15) is 0 Å². The van der Waals surface area contributed by atoms with Gasteiger partial charge in [-0.05, 0) is 60.6 Å². The topological polar surface area (TPSA) is 12.9 Å². The van der Waals surface area contributed by atoms with Crippen molar-refractivity contribution in [3.8, 4) is 11.1 Å². The van der Waals surface area contributed by atoms with Gasteiger partial charge >= 0.3 is 0 Å². The van der Waals surface area contributed by atoms with Crippen molar-refractivity contribution in [2.75, 3.05) is 0 Å². The summed E-state index contributed by atoms with van der Waals surface area (Å²) in [7, 11) is 0. The predicted molar refractivity (Wildman–Crippen MR) is 98.4 cm³/mol. The third kappa shape index (κ3) is 2.62. The average Bonchev–Trinajstić information content (AvgIpc) is 2.54. The highest BCUT2D eigenvalue weighted by Crippen LogP contribution is 2.41. The molecule has 116 valence electrons. The number of rotatable bonds is 1. The third-order valence-corrected chi connectivity index (χ3v) is 5.27. The number of benzene rings is 2. The summed E-state index contributed by atoms with van der Waals surface area (Å²) in [6.07, 6.45) is 3.28. The smallest absolute Gasteiger partial charge is 0.0712 e. The summed E-state index contributed by atoms with van der Waals surface area (Å²) in [6.45, 7) is 2.31. The molecule has 1 aliphatic rings. The number of pyridine rings is 1. The Morgan fingerprint density at radius 1 is 1.09 bits per heavy atom. The van der Waals surface area contributed by atoms with E-state index >= 15 is 0 Å². The molecule has 0 saturated heterocycles. The molecule has 2 aromatic carbocycles. The van der Waals surface area contributed by atoms with Crippen molar-refractivity contribution in [1.29, 1.82) is 0 Å². The minimum atomic E-state index is 0.669. The fourth-order valence-electron chi connectivity index (χ4n) is 3.56. The zero-order valence-electron chi connectivity index (χ0n) is 12.9. The van der Waals surface area contributed by atoms with Crippen molar-refractivity contribution < 1.29 is 0 Å². The molecule has 0 fully saturated rings. The second-order valence-electron chi connectivity index (χ2n) is 6.40. The van der Waals surface area contributed by atoms with Gasteiger partial charge in [0.25, 0.3) is 0 Å². The van der Waals surface area contributed by atoms with Gasteiger partial charge in [-0.25, -0.2) is 0 Å². The molecule has 0 spiro atoms. The van der Waals surface area contributed by atoms with Crippen LogP contribution in [0.15, 0.2) is 42.5 Å². The lowest BCUT2D eigenvalue weighted by atomic mass is 9.82. The molecule has 1 atom stereocenters. The molecule has 0 saturated carbocycles. The summed E-state index contributed by atoms with van der Waals surface area (Å²) >= 11 is 12.8. The quantitative estimate of drug-likeness (QED) is 0.503. The van der Waals surface area contributed by atoms with Crippen molar-refractivity contribution >= 4 is 34.1 Å². The first-order valence-corrected chi connectivity index (χ1v) is 8.75. The number of hydrogen-bond donors (Lipinski definition) is 0. The monoisotopic (exact) mass is 341 g/mol. The number of aromatic nitrogens is 1. The zero-order valence-corrected chi connectivity index (χ0v) is 14.5. The van der Waals surface area contributed by atoms with Gasteiger partial charge in [0.05, 0.1) is 5.52 Å². The Morgan fingerprint density at radius 3 is 2.74 bits per heavy atom. The normalized spacial score (nSPS) is 17.3. The maximum atomic E-state index is 6.52. The summed E-state index contributed by atoms with van der Waals surface area (Å²) in [4.78, 5) is 4.91. The van der Waals surface area contributed by atoms with Crippen LogP contribution in [0, 0.1) is 5.92 Å². The van der Waals surface area contributed by atoms with Crippen molar-refractivity contribution in [2.45, 2.75) is 26.2 Å². The van der Waals surface area contributed by atoms with Crippen LogP contribution < -0.4 is 0 Å². The van der Waals surface area contributed by atoms with Gasteiger partial charge in [-0.1, -0.05) is 48.3 Å². The van der Waals surface area contributed by atoms with Crippen molar-refractivity contribution in [2.24, 2.45) is 5.92 Å². The van der Waals surface area contributed by atoms with E-state index in [1.54, 1.807) is 0 Å². The summed E-state index contributed by atoms with van der Waals surface area (Å²) < 4.78 is 0. The Morgan fingerprint density at radius 2 is 1.91 bits per heavy atom. The highest BCUT2D eigenvalue weighted by atomic mass is 35.5. The Kier molecular flexibility index (Phi) is 3.79. The van der Waals surface area contributed by atoms with Crippen molar-refractivity contribution in [3.63, 3.8) is 0 Å². The molecule has 0 N–H and O–H groups in total. The summed E-state index contributed by atoms with van der Waals surface area (Å²) in [5.41, 5.74) is 5.84. The first-order valence-electron chi connectivity index (χ1n) is 7.99. The molecular weight excluding hydrogens is 325 g/mol. The van der Waals surface area contributed by atoms with Crippen molar-refractivity contribution in [1.82, 2.24) is 4.98 Å². The van der Waals surface area contributed by atoms with Crippen molar-refractivity contribution in [3.05, 3.63) is 63.8 Å². The molecule has 3 heteroatoms. The fraction of sp³-hybridized carbons (Fsp3) is 0.250. The minimum absolute atomic E-state index is 0.669. The van der Waals surface area contributed by atoms with E-state index in [0.29, 0.717) is 5.92 Å². The molecule has 0 bridgehead atoms. The van der Waals surface area contributed by atoms with E-state index in [9.17, 15) is 0 Å². The van der Waals surface area contributed by atoms with Crippen LogP contribution in [0.2, 0.25) is 10.0 Å². The standard InChI is InChI=1S/C20H17Cl2N/c1-12-6-8-18-15(10-12)20(14-4-2-3-5-17(14)22)16-11-13(21)7-9-19(16)23-18/h2-5,7,9,11-12H,6,8,10H2,1H3. The maximum Gasteiger partial charge on any atom is 0.0712 e. The lowest BCUT2D eigenvalue weighted by Gasteiger charge is -2.25. The van der Waals surface area contributed by atoms with E-state index in [4.69, 9.17) is 28.2 Å². The second-order valence-corrected chi connectivity index (χ2v) is 7.24. The first-order chi connectivity index (χ1) is 11.1. The molecule has 4 rings (SSSR count). The molecule has 0 aliphatic heterocycles. The van der Waals surface area contributed by atoms with Crippen LogP contribution in [-0.2, 0) is 12.8 Å². The second kappa shape index (κ2) is 5.81. The predicted octanol–water partition coefficient (Wildman–Crippen LogP) is 6.33. The van der Waals surface area contributed by atoms with Gasteiger partial charge < -0.3 is 0 Å². The third-order valence-electron chi connectivity index (χ3n) is 4.70. The Balaban J connectivity index is 2.12. The number of hydrogen-bond acceptors (Lipinski definition) is 1. The SMILES string of the molecule is CC1CCc2nc3ccc(Cl)cc3c(-c3ccccc3Cl)c2C1. The lowest BCUT2D eigenvalue weighted by Crippen LogP contribution is -2.14. The van der Waals surface area contributed by atoms with Crippen LogP contribution in [0.5, 0.6) is 0 Å². The van der Waals surface area contributed by atoms with Crippen LogP contribution in [0.3, 0.4) is 0 Å². The average molecular weight is 342 g/mol. The van der Waals surface area contributed by atoms with E-state index < -0.39 is 0 Å². The number of fused-ring (bicyclic) bond motifs is 2. The number of nitrogens with zero attached hydrogens (tertiary/aromatic N) is 1. The zero-order chi connectivity index (χ0) is 16.0. The highest BCUT2D eigenvalue weighted by molar-refractivity contribution is 6.34. The van der Waals surface area contributed by atoms with E-state index in [1.807, 2.05) is 36.4 Å². The Hall–Kier alpha value is -1.57. The molecule has 0 radical (unpaired) electrons. The molecular formula is C20H17Cl2N. The molecule has 3 aromatic rings. The van der Waals surface area contributed by atoms with Gasteiger partial charge in [-0.15, -0.1) is 0 Å². The fourth-order valence-corrected chi connectivity index (χ4v) is 3.96. The first kappa shape index (κ1) is 15.0. The number of aryl methyl sites for hydroxylation is 1. The molecule has 23 heavy (non-hydrogen) atoms. The molecule has 1 aliphatic carbocycles. The maximum absolute atomic E-state index is 6.52. The van der Waals surface area contributed by atoms with E-state index in [2.05, 4.69) is 13.0 Å². The van der Waals surface area contributed by atoms with Gasteiger partial charge in [-0.2, -0.15) is 0 Å². The van der Waals surface area contributed by atoms with E-state index in [-0.39, 0.29) is 0 Å². The molecule has 1 heterocycles. The molecule has 1 nitrogen and oxygen atoms in total. The summed E-state index contributed by atoms with van der Waals surface area (Å²) in [5.74, 6) is 0.669. The van der Waals surface area contributed by atoms with Crippen LogP contribution in [0.25, 0.3) is 22.0 Å². The highest BCUT2D eigenvalue weighted by Gasteiger charge is 2.23. The van der Waals surface area contributed by atoms with Gasteiger partial charge in [0.2, 0.25) is 0 Å². The summed E-state index contributed by atoms with van der Waals surface area (Å²) in [6, 6.07) is 14.0. The lowest BCUT2D eigenvalue weighted by molar-refractivity contribution is 0.496. The van der Waals surface area contributed by atoms with E-state index in [1.165, 1.54) is 23.2 Å². The van der Waals surface area contributed by atoms with Crippen LogP contribution in [0.4, 0.5) is 0 Å². The minimum Gasteiger partial charge on any atom is -0.253 e. The molecule has 1 unspecified atom stereocenters. The van der Waals surface area contributed by atoms with Gasteiger partial charge in [0, 0.05) is 26.7 Å². The Bertz CT molecular complexity index is 902. The van der Waals surface area contributed by atoms with Gasteiger partial charge in [-0.3, -0.25) is 4.98 Å². The molecule has 1 aromatic heterocycles. The van der Waals surface area contributed by atoms with Crippen LogP contribution >= 0.6 is 23.2 Å². The van der Waals surface area contributed by atoms with Crippen LogP contribution in [-0.4, -0.2) is 4.98 Å².